The number of nitrogens with zero attached hydrogens (tertiary/aromatic N) is 3. The quantitative estimate of drug-likeness (QED) is 0.515. The van der Waals surface area contributed by atoms with Crippen LogP contribution in [0.4, 0.5) is 24.7 Å². The van der Waals surface area contributed by atoms with Crippen molar-refractivity contribution in [2.75, 3.05) is 16.8 Å². The highest BCUT2D eigenvalue weighted by atomic mass is 35.5. The fourth-order valence-corrected chi connectivity index (χ4v) is 5.33. The lowest BCUT2D eigenvalue weighted by molar-refractivity contribution is -0.173. The predicted octanol–water partition coefficient (Wildman–Crippen LogP) is 5.85. The second-order valence-corrected chi connectivity index (χ2v) is 9.01. The third-order valence-corrected chi connectivity index (χ3v) is 7.08. The van der Waals surface area contributed by atoms with Crippen LogP contribution < -0.4 is 10.2 Å². The lowest BCUT2D eigenvalue weighted by Gasteiger charge is -2.32. The number of aryl methyl sites for hydroxylation is 1. The molecule has 5 nitrogen and oxygen atoms in total. The Kier molecular flexibility index (Phi) is 4.97. The number of para-hydroxylation sites is 1. The Morgan fingerprint density at radius 3 is 2.77 bits per heavy atom. The van der Waals surface area contributed by atoms with Crippen molar-refractivity contribution in [3.05, 3.63) is 62.9 Å². The molecule has 0 saturated carbocycles. The van der Waals surface area contributed by atoms with Gasteiger partial charge in [0.15, 0.2) is 11.7 Å². The van der Waals surface area contributed by atoms with Crippen molar-refractivity contribution in [1.29, 1.82) is 0 Å². The monoisotopic (exact) mass is 466 g/mol. The molecule has 0 aliphatic carbocycles. The van der Waals surface area contributed by atoms with Crippen molar-refractivity contribution in [3.8, 4) is 0 Å². The van der Waals surface area contributed by atoms with Crippen molar-refractivity contribution in [2.45, 2.75) is 37.5 Å². The van der Waals surface area contributed by atoms with Gasteiger partial charge in [0.2, 0.25) is 0 Å². The molecule has 0 spiro atoms. The highest BCUT2D eigenvalue weighted by Crippen LogP contribution is 2.47. The summed E-state index contributed by atoms with van der Waals surface area (Å²) in [6, 6.07) is 8.65. The van der Waals surface area contributed by atoms with Crippen molar-refractivity contribution >= 4 is 40.4 Å². The van der Waals surface area contributed by atoms with Crippen LogP contribution in [0.3, 0.4) is 0 Å². The topological polar surface area (TPSA) is 50.2 Å². The van der Waals surface area contributed by atoms with Crippen LogP contribution in [-0.4, -0.2) is 28.4 Å². The molecule has 2 aliphatic rings. The van der Waals surface area contributed by atoms with E-state index < -0.39 is 24.2 Å². The average molecular weight is 467 g/mol. The number of anilines is 2. The Morgan fingerprint density at radius 2 is 2.03 bits per heavy atom. The van der Waals surface area contributed by atoms with Gasteiger partial charge in [0.25, 0.3) is 5.91 Å². The van der Waals surface area contributed by atoms with Gasteiger partial charge in [-0.15, -0.1) is 11.3 Å². The number of fused-ring (bicyclic) bond motifs is 2. The zero-order valence-corrected chi connectivity index (χ0v) is 17.8. The third-order valence-electron chi connectivity index (χ3n) is 5.74. The van der Waals surface area contributed by atoms with Crippen LogP contribution in [0.15, 0.2) is 41.8 Å². The molecule has 2 atom stereocenters. The van der Waals surface area contributed by atoms with Crippen molar-refractivity contribution in [2.24, 2.45) is 0 Å². The zero-order valence-electron chi connectivity index (χ0n) is 16.2. The van der Waals surface area contributed by atoms with E-state index in [0.29, 0.717) is 6.54 Å². The molecule has 0 unspecified atom stereocenters. The molecule has 2 aromatic heterocycles. The molecule has 2 aliphatic heterocycles. The van der Waals surface area contributed by atoms with E-state index in [0.717, 1.165) is 33.7 Å². The Balaban J connectivity index is 1.56. The maximum Gasteiger partial charge on any atom is 0.410 e. The van der Waals surface area contributed by atoms with Crippen molar-refractivity contribution in [1.82, 2.24) is 9.78 Å². The smallest absolute Gasteiger partial charge is 0.361 e. The van der Waals surface area contributed by atoms with Gasteiger partial charge in [-0.05, 0) is 35.9 Å². The van der Waals surface area contributed by atoms with E-state index in [2.05, 4.69) is 10.4 Å². The molecule has 4 heterocycles. The molecule has 1 aromatic carbocycles. The molecule has 1 amide bonds. The highest BCUT2D eigenvalue weighted by Gasteiger charge is 2.48. The summed E-state index contributed by atoms with van der Waals surface area (Å²) in [5, 5.41) is 8.89. The summed E-state index contributed by atoms with van der Waals surface area (Å²) in [4.78, 5) is 15.7. The lowest BCUT2D eigenvalue weighted by atomic mass is 10.0. The normalized spacial score (nSPS) is 20.7. The van der Waals surface area contributed by atoms with Gasteiger partial charge in [-0.25, -0.2) is 4.68 Å². The minimum absolute atomic E-state index is 0.0299. The molecule has 0 radical (unpaired) electrons. The van der Waals surface area contributed by atoms with E-state index in [9.17, 15) is 18.0 Å². The summed E-state index contributed by atoms with van der Waals surface area (Å²) in [5.74, 6) is -0.461. The lowest BCUT2D eigenvalue weighted by Crippen LogP contribution is -2.37. The largest absolute Gasteiger partial charge is 0.410 e. The van der Waals surface area contributed by atoms with Crippen molar-refractivity contribution < 1.29 is 18.0 Å². The number of amides is 1. The summed E-state index contributed by atoms with van der Waals surface area (Å²) in [6.07, 6.45) is -3.15. The molecular formula is C21H18ClF3N4OS. The maximum atomic E-state index is 13.9. The number of carbonyl (C=O) groups excluding carboxylic acids is 1. The van der Waals surface area contributed by atoms with Gasteiger partial charge in [0.05, 0.1) is 6.04 Å². The van der Waals surface area contributed by atoms with Gasteiger partial charge in [-0.1, -0.05) is 35.9 Å². The first-order chi connectivity index (χ1) is 14.8. The number of carbonyl (C=O) groups is 1. The third kappa shape index (κ3) is 3.49. The predicted molar refractivity (Wildman–Crippen MR) is 114 cm³/mol. The van der Waals surface area contributed by atoms with Gasteiger partial charge >= 0.3 is 6.18 Å². The van der Waals surface area contributed by atoms with Gasteiger partial charge in [0.1, 0.15) is 10.8 Å². The molecule has 3 aromatic rings. The Labute approximate surface area is 185 Å². The summed E-state index contributed by atoms with van der Waals surface area (Å²) in [5.41, 5.74) is 1.60. The minimum atomic E-state index is -4.53. The second kappa shape index (κ2) is 7.56. The highest BCUT2D eigenvalue weighted by molar-refractivity contribution is 7.10. The first-order valence-electron chi connectivity index (χ1n) is 9.89. The number of benzene rings is 1. The number of hydrogen-bond acceptors (Lipinski definition) is 4. The molecule has 0 saturated heterocycles. The second-order valence-electron chi connectivity index (χ2n) is 7.65. The number of halogens is 4. The molecule has 31 heavy (non-hydrogen) atoms. The van der Waals surface area contributed by atoms with Crippen LogP contribution in [0.25, 0.3) is 0 Å². The molecule has 162 valence electrons. The van der Waals surface area contributed by atoms with Gasteiger partial charge in [-0.2, -0.15) is 18.3 Å². The number of thiophene rings is 1. The van der Waals surface area contributed by atoms with Crippen LogP contribution in [-0.2, 0) is 6.42 Å². The maximum absolute atomic E-state index is 13.9. The standard InChI is InChI=1S/C21H18ClF3N4OS/c22-17-18(20(30)28-9-3-6-12-5-1-2-7-14(12)28)27-29-16(21(23,24)25)11-13(26-19(17)29)15-8-4-10-31-15/h1-2,4-5,7-8,10,13,16,26H,3,6,9,11H2/t13-,16-/m1/s1. The minimum Gasteiger partial charge on any atom is -0.361 e. The van der Waals surface area contributed by atoms with Crippen LogP contribution in [0.2, 0.25) is 5.02 Å². The molecule has 5 rings (SSSR count). The molecule has 10 heteroatoms. The van der Waals surface area contributed by atoms with Crippen molar-refractivity contribution in [3.63, 3.8) is 0 Å². The van der Waals surface area contributed by atoms with Crippen LogP contribution in [0.1, 0.15) is 45.9 Å². The zero-order chi connectivity index (χ0) is 21.8. The van der Waals surface area contributed by atoms with Gasteiger partial charge in [-0.3, -0.25) is 4.79 Å². The molecular weight excluding hydrogens is 449 g/mol. The number of alkyl halides is 3. The van der Waals surface area contributed by atoms with Crippen LogP contribution in [0.5, 0.6) is 0 Å². The Hall–Kier alpha value is -2.52. The molecule has 0 fully saturated rings. The Bertz CT molecular complexity index is 1130. The van der Waals surface area contributed by atoms with E-state index in [1.807, 2.05) is 29.6 Å². The number of hydrogen-bond donors (Lipinski definition) is 1. The van der Waals surface area contributed by atoms with E-state index in [-0.39, 0.29) is 23.0 Å². The first-order valence-corrected chi connectivity index (χ1v) is 11.1. The summed E-state index contributed by atoms with van der Waals surface area (Å²) < 4.78 is 42.5. The fraction of sp³-hybridized carbons (Fsp3) is 0.333. The fourth-order valence-electron chi connectivity index (χ4n) is 4.27. The summed E-state index contributed by atoms with van der Waals surface area (Å²) in [6.45, 7) is 0.461. The van der Waals surface area contributed by atoms with Gasteiger partial charge in [0, 0.05) is 23.5 Å². The van der Waals surface area contributed by atoms with E-state index in [1.54, 1.807) is 17.0 Å². The number of nitrogens with one attached hydrogen (secondary N) is 1. The number of aromatic nitrogens is 2. The Morgan fingerprint density at radius 1 is 1.23 bits per heavy atom. The van der Waals surface area contributed by atoms with E-state index >= 15 is 0 Å². The molecule has 0 bridgehead atoms. The van der Waals surface area contributed by atoms with Gasteiger partial charge < -0.3 is 10.2 Å². The summed E-state index contributed by atoms with van der Waals surface area (Å²) in [7, 11) is 0. The van der Waals surface area contributed by atoms with E-state index in [1.165, 1.54) is 11.3 Å². The van der Waals surface area contributed by atoms with Crippen LogP contribution in [0, 0.1) is 0 Å². The van der Waals surface area contributed by atoms with E-state index in [4.69, 9.17) is 11.6 Å². The summed E-state index contributed by atoms with van der Waals surface area (Å²) >= 11 is 7.84. The first kappa shape index (κ1) is 20.4. The average Bonchev–Trinajstić information content (AvgIpc) is 3.40. The SMILES string of the molecule is O=C(c1nn2c(c1Cl)N[C@@H](c1cccs1)C[C@@H]2C(F)(F)F)N1CCCc2ccccc21. The number of rotatable bonds is 2. The van der Waals surface area contributed by atoms with Crippen LogP contribution >= 0.6 is 22.9 Å². The molecule has 1 N–H and O–H groups in total.